The third-order valence-corrected chi connectivity index (χ3v) is 6.82. The maximum Gasteiger partial charge on any atom is 0.251 e. The molecule has 1 saturated heterocycles. The van der Waals surface area contributed by atoms with Crippen molar-refractivity contribution in [3.05, 3.63) is 59.2 Å². The first-order valence-electron chi connectivity index (χ1n) is 11.7. The van der Waals surface area contributed by atoms with Gasteiger partial charge in [0.2, 0.25) is 5.91 Å². The number of nitrogens with zero attached hydrogens (tertiary/aromatic N) is 2. The first kappa shape index (κ1) is 23.3. The van der Waals surface area contributed by atoms with E-state index in [0.717, 1.165) is 42.9 Å². The molecule has 2 aliphatic rings. The molecular weight excluding hydrogens is 418 g/mol. The van der Waals surface area contributed by atoms with Crippen LogP contribution in [-0.2, 0) is 11.2 Å². The molecule has 2 N–H and O–H groups in total. The maximum absolute atomic E-state index is 12.5. The molecule has 2 aromatic rings. The van der Waals surface area contributed by atoms with Crippen molar-refractivity contribution in [3.8, 4) is 5.75 Å². The van der Waals surface area contributed by atoms with Crippen molar-refractivity contribution in [2.24, 2.45) is 0 Å². The number of methoxy groups -OCH3 is 1. The maximum atomic E-state index is 12.5. The van der Waals surface area contributed by atoms with Gasteiger partial charge < -0.3 is 25.0 Å². The number of hydrogen-bond acceptors (Lipinski definition) is 5. The highest BCUT2D eigenvalue weighted by Gasteiger charge is 2.26. The number of benzene rings is 2. The molecule has 33 heavy (non-hydrogen) atoms. The number of likely N-dealkylation sites (N-methyl/N-ethyl adjacent to an activating group) is 1. The summed E-state index contributed by atoms with van der Waals surface area (Å²) in [7, 11) is 3.46. The molecule has 1 unspecified atom stereocenters. The predicted octanol–water partition coefficient (Wildman–Crippen LogP) is 2.57. The SMILES string of the molecule is COc1ccccc1C1CCN(CC(O)CCNC(=O)c2ccc3c(c2)CC(=O)N3C)CC1. The van der Waals surface area contributed by atoms with Gasteiger partial charge in [0, 0.05) is 31.4 Å². The van der Waals surface area contributed by atoms with Gasteiger partial charge in [0.25, 0.3) is 5.91 Å². The fraction of sp³-hybridized carbons (Fsp3) is 0.462. The zero-order valence-electron chi connectivity index (χ0n) is 19.4. The molecule has 0 radical (unpaired) electrons. The molecule has 0 aliphatic carbocycles. The molecule has 2 aliphatic heterocycles. The number of rotatable bonds is 8. The number of carbonyl (C=O) groups excluding carboxylic acids is 2. The number of hydrogen-bond donors (Lipinski definition) is 2. The van der Waals surface area contributed by atoms with Gasteiger partial charge in [-0.25, -0.2) is 0 Å². The van der Waals surface area contributed by atoms with Crippen LogP contribution in [0, 0.1) is 0 Å². The van der Waals surface area contributed by atoms with E-state index >= 15 is 0 Å². The van der Waals surface area contributed by atoms with E-state index in [-0.39, 0.29) is 11.8 Å². The highest BCUT2D eigenvalue weighted by Crippen LogP contribution is 2.34. The van der Waals surface area contributed by atoms with Crippen LogP contribution in [0.15, 0.2) is 42.5 Å². The number of fused-ring (bicyclic) bond motifs is 1. The van der Waals surface area contributed by atoms with Gasteiger partial charge in [-0.05, 0) is 73.7 Å². The van der Waals surface area contributed by atoms with E-state index in [1.807, 2.05) is 18.2 Å². The van der Waals surface area contributed by atoms with Crippen molar-refractivity contribution < 1.29 is 19.4 Å². The second-order valence-electron chi connectivity index (χ2n) is 8.99. The first-order chi connectivity index (χ1) is 16.0. The van der Waals surface area contributed by atoms with Crippen LogP contribution in [0.25, 0.3) is 0 Å². The molecule has 7 heteroatoms. The van der Waals surface area contributed by atoms with E-state index in [1.54, 1.807) is 31.2 Å². The number of carbonyl (C=O) groups is 2. The summed E-state index contributed by atoms with van der Waals surface area (Å²) in [5.74, 6) is 1.30. The Bertz CT molecular complexity index is 1000. The molecular formula is C26H33N3O4. The quantitative estimate of drug-likeness (QED) is 0.645. The summed E-state index contributed by atoms with van der Waals surface area (Å²) >= 11 is 0. The summed E-state index contributed by atoms with van der Waals surface area (Å²) < 4.78 is 5.51. The lowest BCUT2D eigenvalue weighted by molar-refractivity contribution is -0.117. The lowest BCUT2D eigenvalue weighted by Crippen LogP contribution is -2.39. The Balaban J connectivity index is 1.19. The zero-order chi connectivity index (χ0) is 23.4. The second-order valence-corrected chi connectivity index (χ2v) is 8.99. The summed E-state index contributed by atoms with van der Waals surface area (Å²) in [6.45, 7) is 2.90. The second kappa shape index (κ2) is 10.4. The smallest absolute Gasteiger partial charge is 0.251 e. The standard InChI is InChI=1S/C26H33N3O4/c1-28-23-8-7-19(15-20(23)16-25(28)31)26(32)27-12-9-21(30)17-29-13-10-18(11-14-29)22-5-3-4-6-24(22)33-2/h3-8,15,18,21,30H,9-14,16-17H2,1-2H3,(H,27,32). The van der Waals surface area contributed by atoms with Crippen molar-refractivity contribution in [2.75, 3.05) is 45.2 Å². The van der Waals surface area contributed by atoms with Crippen molar-refractivity contribution in [2.45, 2.75) is 37.7 Å². The summed E-state index contributed by atoms with van der Waals surface area (Å²) in [5, 5.41) is 13.4. The Kier molecular flexibility index (Phi) is 7.30. The number of anilines is 1. The lowest BCUT2D eigenvalue weighted by Gasteiger charge is -2.33. The van der Waals surface area contributed by atoms with Crippen LogP contribution in [0.5, 0.6) is 5.75 Å². The number of amides is 2. The predicted molar refractivity (Wildman–Crippen MR) is 128 cm³/mol. The molecule has 0 spiro atoms. The molecule has 0 saturated carbocycles. The number of nitrogens with one attached hydrogen (secondary N) is 1. The van der Waals surface area contributed by atoms with E-state index in [1.165, 1.54) is 5.56 Å². The summed E-state index contributed by atoms with van der Waals surface area (Å²) in [4.78, 5) is 28.2. The van der Waals surface area contributed by atoms with E-state index in [4.69, 9.17) is 4.74 Å². The topological polar surface area (TPSA) is 82.1 Å². The van der Waals surface area contributed by atoms with Crippen LogP contribution in [-0.4, -0.2) is 68.3 Å². The number of aliphatic hydroxyl groups excluding tert-OH is 1. The minimum Gasteiger partial charge on any atom is -0.496 e. The molecule has 0 aromatic heterocycles. The van der Waals surface area contributed by atoms with Gasteiger partial charge in [0.15, 0.2) is 0 Å². The van der Waals surface area contributed by atoms with Gasteiger partial charge in [-0.15, -0.1) is 0 Å². The Hall–Kier alpha value is -2.90. The number of ether oxygens (including phenoxy) is 1. The van der Waals surface area contributed by atoms with E-state index in [9.17, 15) is 14.7 Å². The molecule has 2 heterocycles. The van der Waals surface area contributed by atoms with Crippen molar-refractivity contribution in [1.29, 1.82) is 0 Å². The van der Waals surface area contributed by atoms with Crippen LogP contribution in [0.2, 0.25) is 0 Å². The van der Waals surface area contributed by atoms with Crippen LogP contribution in [0.4, 0.5) is 5.69 Å². The first-order valence-corrected chi connectivity index (χ1v) is 11.7. The zero-order valence-corrected chi connectivity index (χ0v) is 19.4. The van der Waals surface area contributed by atoms with E-state index in [0.29, 0.717) is 37.4 Å². The number of likely N-dealkylation sites (tertiary alicyclic amines) is 1. The number of piperidine rings is 1. The molecule has 2 aromatic carbocycles. The molecule has 4 rings (SSSR count). The number of β-amino-alcohol motifs (C(OH)–C–C–N with tert-alkyl or cyclic N) is 1. The minimum absolute atomic E-state index is 0.0395. The van der Waals surface area contributed by atoms with Gasteiger partial charge in [-0.2, -0.15) is 0 Å². The lowest BCUT2D eigenvalue weighted by atomic mass is 9.88. The largest absolute Gasteiger partial charge is 0.496 e. The average Bonchev–Trinajstić information content (AvgIpc) is 3.12. The Morgan fingerprint density at radius 3 is 2.73 bits per heavy atom. The van der Waals surface area contributed by atoms with Crippen LogP contribution in [0.1, 0.15) is 46.7 Å². The third-order valence-electron chi connectivity index (χ3n) is 6.82. The van der Waals surface area contributed by atoms with Gasteiger partial charge in [0.1, 0.15) is 5.75 Å². The summed E-state index contributed by atoms with van der Waals surface area (Å²) in [6, 6.07) is 13.6. The van der Waals surface area contributed by atoms with Gasteiger partial charge in [-0.3, -0.25) is 9.59 Å². The highest BCUT2D eigenvalue weighted by atomic mass is 16.5. The molecule has 1 atom stereocenters. The Morgan fingerprint density at radius 1 is 1.21 bits per heavy atom. The molecule has 1 fully saturated rings. The summed E-state index contributed by atoms with van der Waals surface area (Å²) in [5.41, 5.74) is 3.56. The van der Waals surface area contributed by atoms with Crippen LogP contribution >= 0.6 is 0 Å². The van der Waals surface area contributed by atoms with Gasteiger partial charge in [-0.1, -0.05) is 18.2 Å². The number of aliphatic hydroxyl groups is 1. The van der Waals surface area contributed by atoms with E-state index < -0.39 is 6.10 Å². The molecule has 7 nitrogen and oxygen atoms in total. The normalized spacial score (nSPS) is 17.7. The minimum atomic E-state index is -0.487. The number of para-hydroxylation sites is 1. The van der Waals surface area contributed by atoms with Gasteiger partial charge in [0.05, 0.1) is 19.6 Å². The Labute approximate surface area is 195 Å². The van der Waals surface area contributed by atoms with Crippen molar-refractivity contribution >= 4 is 17.5 Å². The molecule has 176 valence electrons. The monoisotopic (exact) mass is 451 g/mol. The average molecular weight is 452 g/mol. The summed E-state index contributed by atoms with van der Waals surface area (Å²) in [6.07, 6.45) is 2.43. The highest BCUT2D eigenvalue weighted by molar-refractivity contribution is 6.03. The van der Waals surface area contributed by atoms with Gasteiger partial charge >= 0.3 is 0 Å². The van der Waals surface area contributed by atoms with E-state index in [2.05, 4.69) is 22.3 Å². The fourth-order valence-electron chi connectivity index (χ4n) is 4.89. The molecule has 0 bridgehead atoms. The van der Waals surface area contributed by atoms with Crippen molar-refractivity contribution in [1.82, 2.24) is 10.2 Å². The van der Waals surface area contributed by atoms with Crippen molar-refractivity contribution in [3.63, 3.8) is 0 Å². The fourth-order valence-corrected chi connectivity index (χ4v) is 4.89. The molecule has 2 amide bonds. The van der Waals surface area contributed by atoms with Crippen LogP contribution < -0.4 is 15.0 Å². The Morgan fingerprint density at radius 2 is 1.97 bits per heavy atom. The third kappa shape index (κ3) is 5.37. The van der Waals surface area contributed by atoms with Crippen LogP contribution in [0.3, 0.4) is 0 Å².